The van der Waals surface area contributed by atoms with Crippen molar-refractivity contribution in [3.8, 4) is 23.0 Å². The normalized spacial score (nSPS) is 11.6. The molecular formula is C22H22O9. The zero-order valence-corrected chi connectivity index (χ0v) is 17.4. The van der Waals surface area contributed by atoms with E-state index in [1.54, 1.807) is 24.3 Å². The number of rotatable bonds is 10. The van der Waals surface area contributed by atoms with E-state index in [9.17, 15) is 14.4 Å². The molecule has 2 rings (SSSR count). The van der Waals surface area contributed by atoms with Gasteiger partial charge in [-0.2, -0.15) is 0 Å². The van der Waals surface area contributed by atoms with Gasteiger partial charge < -0.3 is 28.8 Å². The molecule has 0 radical (unpaired) electrons. The number of esters is 1. The number of carboxylic acids is 1. The number of aliphatic carboxylic acids is 1. The molecule has 0 aliphatic heterocycles. The minimum atomic E-state index is -1.25. The molecule has 0 heterocycles. The molecule has 0 fully saturated rings. The Morgan fingerprint density at radius 1 is 0.903 bits per heavy atom. The van der Waals surface area contributed by atoms with E-state index >= 15 is 0 Å². The van der Waals surface area contributed by atoms with Crippen LogP contribution in [-0.4, -0.2) is 51.3 Å². The molecule has 0 aliphatic carbocycles. The van der Waals surface area contributed by atoms with Crippen molar-refractivity contribution in [3.05, 3.63) is 53.6 Å². The zero-order chi connectivity index (χ0) is 23.0. The first-order chi connectivity index (χ1) is 14.9. The van der Waals surface area contributed by atoms with E-state index in [0.717, 1.165) is 6.08 Å². The summed E-state index contributed by atoms with van der Waals surface area (Å²) in [5, 5.41) is 8.79. The van der Waals surface area contributed by atoms with Gasteiger partial charge in [-0.1, -0.05) is 18.2 Å². The standard InChI is InChI=1S/C22H22O9/c1-27-15-8-6-5-7-14(15)20(30-4)19(25)22(26)31-21-16(28-2)11-13(9-10-18(23)24)12-17(21)29-3/h5-12,20H,1-4H3,(H,23,24). The number of benzene rings is 2. The van der Waals surface area contributed by atoms with Crippen molar-refractivity contribution in [2.75, 3.05) is 28.4 Å². The summed E-state index contributed by atoms with van der Waals surface area (Å²) in [4.78, 5) is 36.2. The second-order valence-corrected chi connectivity index (χ2v) is 6.04. The largest absolute Gasteiger partial charge is 0.496 e. The van der Waals surface area contributed by atoms with Crippen LogP contribution in [0.15, 0.2) is 42.5 Å². The number of ether oxygens (including phenoxy) is 5. The van der Waals surface area contributed by atoms with Crippen molar-refractivity contribution in [2.24, 2.45) is 0 Å². The highest BCUT2D eigenvalue weighted by Gasteiger charge is 2.32. The Morgan fingerprint density at radius 3 is 2.00 bits per heavy atom. The number of para-hydroxylation sites is 1. The SMILES string of the molecule is COc1ccccc1C(OC)C(=O)C(=O)Oc1c(OC)cc(C=CC(=O)O)cc1OC. The molecule has 1 N–H and O–H groups in total. The lowest BCUT2D eigenvalue weighted by molar-refractivity contribution is -0.152. The molecule has 9 nitrogen and oxygen atoms in total. The quantitative estimate of drug-likeness (QED) is 0.263. The fraction of sp³-hybridized carbons (Fsp3) is 0.227. The van der Waals surface area contributed by atoms with Gasteiger partial charge in [0.1, 0.15) is 5.75 Å². The van der Waals surface area contributed by atoms with Gasteiger partial charge in [0.05, 0.1) is 21.3 Å². The Balaban J connectivity index is 2.37. The van der Waals surface area contributed by atoms with Gasteiger partial charge in [0.25, 0.3) is 5.78 Å². The number of hydrogen-bond acceptors (Lipinski definition) is 8. The van der Waals surface area contributed by atoms with Crippen LogP contribution < -0.4 is 18.9 Å². The molecule has 164 valence electrons. The molecule has 31 heavy (non-hydrogen) atoms. The van der Waals surface area contributed by atoms with Crippen LogP contribution in [0.4, 0.5) is 0 Å². The van der Waals surface area contributed by atoms with Crippen molar-refractivity contribution in [3.63, 3.8) is 0 Å². The maximum absolute atomic E-state index is 12.8. The van der Waals surface area contributed by atoms with Crippen LogP contribution in [0.25, 0.3) is 6.08 Å². The molecule has 0 saturated carbocycles. The summed E-state index contributed by atoms with van der Waals surface area (Å²) in [7, 11) is 5.37. The average molecular weight is 430 g/mol. The highest BCUT2D eigenvalue weighted by atomic mass is 16.6. The van der Waals surface area contributed by atoms with E-state index in [1.807, 2.05) is 0 Å². The van der Waals surface area contributed by atoms with Gasteiger partial charge >= 0.3 is 11.9 Å². The van der Waals surface area contributed by atoms with E-state index in [4.69, 9.17) is 28.8 Å². The van der Waals surface area contributed by atoms with Crippen molar-refractivity contribution in [2.45, 2.75) is 6.10 Å². The predicted molar refractivity (Wildman–Crippen MR) is 110 cm³/mol. The number of ketones is 1. The second kappa shape index (κ2) is 10.8. The van der Waals surface area contributed by atoms with E-state index in [-0.39, 0.29) is 17.2 Å². The number of Topliss-reactive ketones (excluding diaryl/α,β-unsaturated/α-hetero) is 1. The van der Waals surface area contributed by atoms with Crippen LogP contribution >= 0.6 is 0 Å². The van der Waals surface area contributed by atoms with Gasteiger partial charge in [0.15, 0.2) is 17.6 Å². The molecule has 0 bridgehead atoms. The third-order valence-corrected chi connectivity index (χ3v) is 4.19. The van der Waals surface area contributed by atoms with Crippen LogP contribution in [0.5, 0.6) is 23.0 Å². The van der Waals surface area contributed by atoms with Gasteiger partial charge in [-0.25, -0.2) is 9.59 Å². The molecule has 9 heteroatoms. The van der Waals surface area contributed by atoms with Gasteiger partial charge in [-0.3, -0.25) is 4.79 Å². The maximum atomic E-state index is 12.8. The monoisotopic (exact) mass is 430 g/mol. The Labute approximate surface area is 178 Å². The van der Waals surface area contributed by atoms with Crippen molar-refractivity contribution in [1.82, 2.24) is 0 Å². The highest BCUT2D eigenvalue weighted by molar-refractivity contribution is 6.36. The summed E-state index contributed by atoms with van der Waals surface area (Å²) < 4.78 is 26.2. The van der Waals surface area contributed by atoms with Crippen molar-refractivity contribution in [1.29, 1.82) is 0 Å². The molecule has 0 spiro atoms. The second-order valence-electron chi connectivity index (χ2n) is 6.04. The first-order valence-corrected chi connectivity index (χ1v) is 8.95. The summed E-state index contributed by atoms with van der Waals surface area (Å²) in [6, 6.07) is 9.50. The Kier molecular flexibility index (Phi) is 8.16. The Morgan fingerprint density at radius 2 is 1.48 bits per heavy atom. The summed E-state index contributed by atoms with van der Waals surface area (Å²) in [5.74, 6) is -2.94. The Bertz CT molecular complexity index is 969. The summed E-state index contributed by atoms with van der Waals surface area (Å²) in [5.41, 5.74) is 0.786. The lowest BCUT2D eigenvalue weighted by Crippen LogP contribution is -2.28. The number of hydrogen-bond donors (Lipinski definition) is 1. The van der Waals surface area contributed by atoms with E-state index < -0.39 is 23.8 Å². The van der Waals surface area contributed by atoms with Crippen molar-refractivity contribution >= 4 is 23.8 Å². The zero-order valence-electron chi connectivity index (χ0n) is 17.4. The maximum Gasteiger partial charge on any atom is 0.383 e. The van der Waals surface area contributed by atoms with Gasteiger partial charge in [0, 0.05) is 18.7 Å². The molecule has 2 aromatic carbocycles. The number of carbonyl (C=O) groups is 3. The molecule has 1 unspecified atom stereocenters. The van der Waals surface area contributed by atoms with Gasteiger partial charge in [-0.15, -0.1) is 0 Å². The molecule has 0 aromatic heterocycles. The summed E-state index contributed by atoms with van der Waals surface area (Å²) in [6.45, 7) is 0. The van der Waals surface area contributed by atoms with Gasteiger partial charge in [0.2, 0.25) is 5.75 Å². The third kappa shape index (κ3) is 5.61. The van der Waals surface area contributed by atoms with Crippen LogP contribution in [0.2, 0.25) is 0 Å². The molecule has 0 aliphatic rings. The minimum Gasteiger partial charge on any atom is -0.496 e. The molecule has 2 aromatic rings. The van der Waals surface area contributed by atoms with Crippen LogP contribution in [0.3, 0.4) is 0 Å². The number of methoxy groups -OCH3 is 4. The highest BCUT2D eigenvalue weighted by Crippen LogP contribution is 2.39. The smallest absolute Gasteiger partial charge is 0.383 e. The third-order valence-electron chi connectivity index (χ3n) is 4.19. The van der Waals surface area contributed by atoms with Crippen LogP contribution in [0, 0.1) is 0 Å². The number of carbonyl (C=O) groups excluding carboxylic acids is 2. The summed E-state index contributed by atoms with van der Waals surface area (Å²) in [6.07, 6.45) is 0.991. The van der Waals surface area contributed by atoms with Gasteiger partial charge in [-0.05, 0) is 29.8 Å². The lowest BCUT2D eigenvalue weighted by Gasteiger charge is -2.18. The topological polar surface area (TPSA) is 118 Å². The fourth-order valence-corrected chi connectivity index (χ4v) is 2.77. The van der Waals surface area contributed by atoms with Crippen LogP contribution in [-0.2, 0) is 19.1 Å². The van der Waals surface area contributed by atoms with E-state index in [2.05, 4.69) is 0 Å². The molecule has 0 amide bonds. The number of carboxylic acid groups (broad SMARTS) is 1. The summed E-state index contributed by atoms with van der Waals surface area (Å²) >= 11 is 0. The first-order valence-electron chi connectivity index (χ1n) is 8.95. The predicted octanol–water partition coefficient (Wildman–Crippen LogP) is 2.67. The molecule has 0 saturated heterocycles. The average Bonchev–Trinajstić information content (AvgIpc) is 2.78. The molecule has 1 atom stereocenters. The Hall–Kier alpha value is -3.85. The van der Waals surface area contributed by atoms with Crippen LogP contribution in [0.1, 0.15) is 17.2 Å². The fourth-order valence-electron chi connectivity index (χ4n) is 2.77. The van der Waals surface area contributed by atoms with E-state index in [0.29, 0.717) is 16.9 Å². The minimum absolute atomic E-state index is 0.0665. The lowest BCUT2D eigenvalue weighted by atomic mass is 10.0. The van der Waals surface area contributed by atoms with E-state index in [1.165, 1.54) is 46.6 Å². The first kappa shape index (κ1) is 23.4. The molecular weight excluding hydrogens is 408 g/mol. The van der Waals surface area contributed by atoms with Crippen molar-refractivity contribution < 1.29 is 43.2 Å².